The van der Waals surface area contributed by atoms with E-state index in [1.165, 1.54) is 42.5 Å². The Bertz CT molecular complexity index is 910. The van der Waals surface area contributed by atoms with Gasteiger partial charge in [-0.05, 0) is 35.9 Å². The van der Waals surface area contributed by atoms with Crippen molar-refractivity contribution in [1.82, 2.24) is 10.9 Å². The van der Waals surface area contributed by atoms with Gasteiger partial charge in [0.15, 0.2) is 6.61 Å². The van der Waals surface area contributed by atoms with Crippen LogP contribution in [0.5, 0.6) is 0 Å². The number of hydrogen-bond donors (Lipinski definition) is 2. The minimum absolute atomic E-state index is 0.0881. The fourth-order valence-corrected chi connectivity index (χ4v) is 1.89. The first kappa shape index (κ1) is 20.2. The Morgan fingerprint density at radius 3 is 2.29 bits per heavy atom. The van der Waals surface area contributed by atoms with Gasteiger partial charge in [-0.1, -0.05) is 12.1 Å². The summed E-state index contributed by atoms with van der Waals surface area (Å²) in [5, 5.41) is 10.6. The second-order valence-corrected chi connectivity index (χ2v) is 5.30. The van der Waals surface area contributed by atoms with Gasteiger partial charge in [-0.3, -0.25) is 30.6 Å². The largest absolute Gasteiger partial charge is 0.452 e. The molecule has 28 heavy (non-hydrogen) atoms. The molecule has 0 aliphatic rings. The van der Waals surface area contributed by atoms with Gasteiger partial charge in [0.05, 0.1) is 4.92 Å². The molecule has 0 aliphatic heterocycles. The molecule has 0 aromatic heterocycles. The number of carbonyl (C=O) groups excluding carboxylic acids is 3. The predicted octanol–water partition coefficient (Wildman–Crippen LogP) is 1.75. The molecule has 0 radical (unpaired) electrons. The molecule has 2 amide bonds. The maximum Gasteiger partial charge on any atom is 0.331 e. The summed E-state index contributed by atoms with van der Waals surface area (Å²) in [6, 6.07) is 10.1. The topological polar surface area (TPSA) is 128 Å². The van der Waals surface area contributed by atoms with Crippen molar-refractivity contribution in [3.8, 4) is 0 Å². The number of carbonyl (C=O) groups is 3. The normalized spacial score (nSPS) is 10.3. The van der Waals surface area contributed by atoms with Crippen LogP contribution in [-0.2, 0) is 14.3 Å². The molecule has 0 saturated heterocycles. The fourth-order valence-electron chi connectivity index (χ4n) is 1.89. The van der Waals surface area contributed by atoms with Crippen LogP contribution < -0.4 is 10.9 Å². The molecule has 0 heterocycles. The highest BCUT2D eigenvalue weighted by Gasteiger charge is 2.11. The van der Waals surface area contributed by atoms with Gasteiger partial charge in [0.25, 0.3) is 17.5 Å². The molecule has 0 unspecified atom stereocenters. The van der Waals surface area contributed by atoms with Gasteiger partial charge < -0.3 is 4.74 Å². The lowest BCUT2D eigenvalue weighted by molar-refractivity contribution is -0.384. The highest BCUT2D eigenvalue weighted by Crippen LogP contribution is 2.11. The Hall–Kier alpha value is -4.08. The third-order valence-corrected chi connectivity index (χ3v) is 3.28. The molecule has 0 aliphatic carbocycles. The van der Waals surface area contributed by atoms with Gasteiger partial charge in [-0.2, -0.15) is 0 Å². The third kappa shape index (κ3) is 6.33. The summed E-state index contributed by atoms with van der Waals surface area (Å²) in [4.78, 5) is 44.9. The van der Waals surface area contributed by atoms with Crippen LogP contribution in [0.1, 0.15) is 15.9 Å². The van der Waals surface area contributed by atoms with Gasteiger partial charge in [-0.15, -0.1) is 0 Å². The zero-order valence-electron chi connectivity index (χ0n) is 14.3. The van der Waals surface area contributed by atoms with Gasteiger partial charge in [0.1, 0.15) is 5.82 Å². The Balaban J connectivity index is 1.74. The number of halogens is 1. The van der Waals surface area contributed by atoms with Crippen LogP contribution in [0.4, 0.5) is 10.1 Å². The lowest BCUT2D eigenvalue weighted by Gasteiger charge is -2.07. The van der Waals surface area contributed by atoms with Crippen LogP contribution in [0.2, 0.25) is 0 Å². The van der Waals surface area contributed by atoms with Crippen LogP contribution in [0.25, 0.3) is 6.08 Å². The average molecular weight is 387 g/mol. The second-order valence-electron chi connectivity index (χ2n) is 5.30. The van der Waals surface area contributed by atoms with E-state index in [0.29, 0.717) is 5.56 Å². The first-order valence-electron chi connectivity index (χ1n) is 7.79. The van der Waals surface area contributed by atoms with Crippen molar-refractivity contribution in [3.63, 3.8) is 0 Å². The van der Waals surface area contributed by atoms with E-state index in [2.05, 4.69) is 5.43 Å². The summed E-state index contributed by atoms with van der Waals surface area (Å²) < 4.78 is 17.5. The first-order chi connectivity index (χ1) is 13.3. The van der Waals surface area contributed by atoms with Crippen LogP contribution in [0.3, 0.4) is 0 Å². The minimum atomic E-state index is -0.804. The first-order valence-corrected chi connectivity index (χ1v) is 7.79. The number of hydrazine groups is 1. The van der Waals surface area contributed by atoms with Crippen molar-refractivity contribution in [1.29, 1.82) is 0 Å². The molecule has 0 bridgehead atoms. The highest BCUT2D eigenvalue weighted by atomic mass is 19.1. The van der Waals surface area contributed by atoms with Crippen molar-refractivity contribution in [2.24, 2.45) is 0 Å². The van der Waals surface area contributed by atoms with E-state index in [1.54, 1.807) is 0 Å². The Labute approximate surface area is 157 Å². The van der Waals surface area contributed by atoms with Crippen LogP contribution in [0, 0.1) is 15.9 Å². The van der Waals surface area contributed by atoms with Gasteiger partial charge in [0, 0.05) is 23.8 Å². The van der Waals surface area contributed by atoms with E-state index in [9.17, 15) is 28.9 Å². The van der Waals surface area contributed by atoms with Crippen LogP contribution in [0.15, 0.2) is 54.6 Å². The molecule has 2 aromatic carbocycles. The number of hydrogen-bond acceptors (Lipinski definition) is 6. The monoisotopic (exact) mass is 387 g/mol. The van der Waals surface area contributed by atoms with E-state index in [4.69, 9.17) is 4.74 Å². The number of benzene rings is 2. The number of rotatable bonds is 6. The molecular formula is C18H14FN3O6. The maximum absolute atomic E-state index is 12.8. The molecule has 2 rings (SSSR count). The number of amides is 2. The fraction of sp³-hybridized carbons (Fsp3) is 0.0556. The van der Waals surface area contributed by atoms with E-state index in [-0.39, 0.29) is 11.3 Å². The van der Waals surface area contributed by atoms with Crippen LogP contribution in [-0.4, -0.2) is 29.3 Å². The molecule has 2 aromatic rings. The molecule has 10 heteroatoms. The lowest BCUT2D eigenvalue weighted by Crippen LogP contribution is -2.43. The quantitative estimate of drug-likeness (QED) is 0.336. The molecule has 0 atom stereocenters. The number of nitrogens with zero attached hydrogens (tertiary/aromatic N) is 1. The van der Waals surface area contributed by atoms with Crippen molar-refractivity contribution >= 4 is 29.5 Å². The number of esters is 1. The Morgan fingerprint density at radius 1 is 1.04 bits per heavy atom. The number of ether oxygens (including phenoxy) is 1. The van der Waals surface area contributed by atoms with Gasteiger partial charge in [-0.25, -0.2) is 9.18 Å². The predicted molar refractivity (Wildman–Crippen MR) is 95.1 cm³/mol. The molecule has 144 valence electrons. The summed E-state index contributed by atoms with van der Waals surface area (Å²) in [5.74, 6) is -2.71. The van der Waals surface area contributed by atoms with Gasteiger partial charge in [0.2, 0.25) is 0 Å². The number of nitro benzene ring substituents is 1. The number of nitro groups is 1. The summed E-state index contributed by atoms with van der Waals surface area (Å²) in [5.41, 5.74) is 4.60. The van der Waals surface area contributed by atoms with Crippen molar-refractivity contribution in [2.75, 3.05) is 6.61 Å². The molecular weight excluding hydrogens is 373 g/mol. The third-order valence-electron chi connectivity index (χ3n) is 3.28. The smallest absolute Gasteiger partial charge is 0.331 e. The molecule has 0 spiro atoms. The average Bonchev–Trinajstić information content (AvgIpc) is 2.70. The molecule has 0 saturated carbocycles. The molecule has 2 N–H and O–H groups in total. The van der Waals surface area contributed by atoms with Crippen molar-refractivity contribution in [2.45, 2.75) is 0 Å². The Kier molecular flexibility index (Phi) is 6.92. The standard InChI is InChI=1S/C18H14FN3O6/c19-14-6-1-12(2-7-14)3-10-17(24)28-11-16(23)20-21-18(25)13-4-8-15(9-5-13)22(26)27/h1-10H,11H2,(H,20,23)(H,21,25)/b10-3+. The van der Waals surface area contributed by atoms with Crippen molar-refractivity contribution in [3.05, 3.63) is 81.7 Å². The molecule has 9 nitrogen and oxygen atoms in total. The summed E-state index contributed by atoms with van der Waals surface area (Å²) in [7, 11) is 0. The second kappa shape index (κ2) is 9.57. The van der Waals surface area contributed by atoms with E-state index in [1.807, 2.05) is 5.43 Å². The lowest BCUT2D eigenvalue weighted by atomic mass is 10.2. The summed E-state index contributed by atoms with van der Waals surface area (Å²) >= 11 is 0. The van der Waals surface area contributed by atoms with E-state index < -0.39 is 35.1 Å². The summed E-state index contributed by atoms with van der Waals surface area (Å²) in [6.07, 6.45) is 2.45. The molecule has 0 fully saturated rings. The highest BCUT2D eigenvalue weighted by molar-refractivity contribution is 5.96. The van der Waals surface area contributed by atoms with E-state index in [0.717, 1.165) is 18.2 Å². The zero-order chi connectivity index (χ0) is 20.5. The number of non-ortho nitro benzene ring substituents is 1. The van der Waals surface area contributed by atoms with Crippen LogP contribution >= 0.6 is 0 Å². The Morgan fingerprint density at radius 2 is 1.68 bits per heavy atom. The maximum atomic E-state index is 12.8. The van der Waals surface area contributed by atoms with Gasteiger partial charge >= 0.3 is 5.97 Å². The number of nitrogens with one attached hydrogen (secondary N) is 2. The van der Waals surface area contributed by atoms with Crippen molar-refractivity contribution < 1.29 is 28.4 Å². The minimum Gasteiger partial charge on any atom is -0.452 e. The van der Waals surface area contributed by atoms with E-state index >= 15 is 0 Å². The summed E-state index contributed by atoms with van der Waals surface area (Å²) in [6.45, 7) is -0.646. The zero-order valence-corrected chi connectivity index (χ0v) is 14.3. The SMILES string of the molecule is O=C(COC(=O)/C=C/c1ccc(F)cc1)NNC(=O)c1ccc([N+](=O)[O-])cc1.